The average Bonchev–Trinajstić information content (AvgIpc) is 2.40. The van der Waals surface area contributed by atoms with E-state index in [9.17, 15) is 0 Å². The molecular formula is C15H12N2. The van der Waals surface area contributed by atoms with Gasteiger partial charge in [0.1, 0.15) is 0 Å². The van der Waals surface area contributed by atoms with Crippen molar-refractivity contribution in [3.8, 4) is 11.1 Å². The quantitative estimate of drug-likeness (QED) is 0.637. The van der Waals surface area contributed by atoms with Crippen molar-refractivity contribution in [1.29, 1.82) is 0 Å². The molecule has 1 heterocycles. The lowest BCUT2D eigenvalue weighted by atomic mass is 10.0. The highest BCUT2D eigenvalue weighted by Gasteiger charge is 2.03. The standard InChI is InChI=1S/C15H12N2/c16-14-10-13(11-5-2-1-3-6-11)9-12-7-4-8-17-15(12)14/h1-10H,16H2. The maximum atomic E-state index is 6.03. The largest absolute Gasteiger partial charge is 0.397 e. The Bertz CT molecular complexity index is 660. The Morgan fingerprint density at radius 3 is 2.47 bits per heavy atom. The molecule has 82 valence electrons. The number of nitrogens with zero attached hydrogens (tertiary/aromatic N) is 1. The smallest absolute Gasteiger partial charge is 0.0931 e. The van der Waals surface area contributed by atoms with Gasteiger partial charge in [-0.25, -0.2) is 0 Å². The van der Waals surface area contributed by atoms with Crippen LogP contribution in [0.15, 0.2) is 60.8 Å². The van der Waals surface area contributed by atoms with E-state index in [0.29, 0.717) is 0 Å². The Hall–Kier alpha value is -2.35. The van der Waals surface area contributed by atoms with Crippen molar-refractivity contribution in [2.75, 3.05) is 5.73 Å². The van der Waals surface area contributed by atoms with Crippen molar-refractivity contribution in [2.45, 2.75) is 0 Å². The maximum absolute atomic E-state index is 6.03. The lowest BCUT2D eigenvalue weighted by Gasteiger charge is -2.06. The summed E-state index contributed by atoms with van der Waals surface area (Å²) < 4.78 is 0. The molecule has 0 aliphatic heterocycles. The highest BCUT2D eigenvalue weighted by atomic mass is 14.7. The fourth-order valence-electron chi connectivity index (χ4n) is 2.02. The molecule has 2 aromatic carbocycles. The van der Waals surface area contributed by atoms with E-state index in [1.807, 2.05) is 36.4 Å². The minimum Gasteiger partial charge on any atom is -0.397 e. The van der Waals surface area contributed by atoms with Gasteiger partial charge in [0.15, 0.2) is 0 Å². The summed E-state index contributed by atoms with van der Waals surface area (Å²) in [5.74, 6) is 0. The zero-order chi connectivity index (χ0) is 11.7. The van der Waals surface area contributed by atoms with Crippen molar-refractivity contribution in [2.24, 2.45) is 0 Å². The molecule has 3 aromatic rings. The zero-order valence-electron chi connectivity index (χ0n) is 9.30. The number of benzene rings is 2. The second-order valence-corrected chi connectivity index (χ2v) is 4.01. The predicted molar refractivity (Wildman–Crippen MR) is 71.6 cm³/mol. The minimum absolute atomic E-state index is 0.724. The minimum atomic E-state index is 0.724. The van der Waals surface area contributed by atoms with Crippen LogP contribution in [0.25, 0.3) is 22.0 Å². The van der Waals surface area contributed by atoms with Gasteiger partial charge in [-0.2, -0.15) is 0 Å². The number of pyridine rings is 1. The normalized spacial score (nSPS) is 10.6. The van der Waals surface area contributed by atoms with Crippen LogP contribution in [0.1, 0.15) is 0 Å². The van der Waals surface area contributed by atoms with Crippen LogP contribution in [0.2, 0.25) is 0 Å². The number of nitrogen functional groups attached to an aromatic ring is 1. The summed E-state index contributed by atoms with van der Waals surface area (Å²) in [7, 11) is 0. The van der Waals surface area contributed by atoms with Crippen molar-refractivity contribution < 1.29 is 0 Å². The predicted octanol–water partition coefficient (Wildman–Crippen LogP) is 3.48. The Kier molecular flexibility index (Phi) is 2.26. The van der Waals surface area contributed by atoms with E-state index in [4.69, 9.17) is 5.73 Å². The summed E-state index contributed by atoms with van der Waals surface area (Å²) in [6.07, 6.45) is 1.76. The zero-order valence-corrected chi connectivity index (χ0v) is 9.30. The summed E-state index contributed by atoms with van der Waals surface area (Å²) in [4.78, 5) is 4.29. The molecule has 0 atom stereocenters. The van der Waals surface area contributed by atoms with Crippen LogP contribution < -0.4 is 5.73 Å². The molecule has 0 saturated carbocycles. The summed E-state index contributed by atoms with van der Waals surface area (Å²) in [5, 5.41) is 1.08. The Balaban J connectivity index is 2.26. The van der Waals surface area contributed by atoms with E-state index in [1.54, 1.807) is 6.20 Å². The van der Waals surface area contributed by atoms with Crippen LogP contribution in [0.3, 0.4) is 0 Å². The number of hydrogen-bond acceptors (Lipinski definition) is 2. The second-order valence-electron chi connectivity index (χ2n) is 4.01. The van der Waals surface area contributed by atoms with Crippen LogP contribution in [0.5, 0.6) is 0 Å². The average molecular weight is 220 g/mol. The van der Waals surface area contributed by atoms with Gasteiger partial charge in [-0.15, -0.1) is 0 Å². The Labute approximate surface area is 99.7 Å². The summed E-state index contributed by atoms with van der Waals surface area (Å²) >= 11 is 0. The van der Waals surface area contributed by atoms with Gasteiger partial charge >= 0.3 is 0 Å². The molecule has 0 unspecified atom stereocenters. The highest BCUT2D eigenvalue weighted by molar-refractivity contribution is 5.93. The van der Waals surface area contributed by atoms with E-state index in [1.165, 1.54) is 5.56 Å². The third-order valence-corrected chi connectivity index (χ3v) is 2.84. The molecule has 17 heavy (non-hydrogen) atoms. The molecule has 0 aliphatic rings. The van der Waals surface area contributed by atoms with Crippen molar-refractivity contribution >= 4 is 16.6 Å². The first-order valence-corrected chi connectivity index (χ1v) is 5.54. The Morgan fingerprint density at radius 1 is 0.824 bits per heavy atom. The van der Waals surface area contributed by atoms with Crippen LogP contribution in [0, 0.1) is 0 Å². The molecule has 2 nitrogen and oxygen atoms in total. The van der Waals surface area contributed by atoms with Gasteiger partial charge in [0, 0.05) is 11.6 Å². The van der Waals surface area contributed by atoms with Crippen LogP contribution in [0.4, 0.5) is 5.69 Å². The van der Waals surface area contributed by atoms with Gasteiger partial charge in [-0.05, 0) is 29.3 Å². The lowest BCUT2D eigenvalue weighted by Crippen LogP contribution is -1.90. The summed E-state index contributed by atoms with van der Waals surface area (Å²) in [6.45, 7) is 0. The summed E-state index contributed by atoms with van der Waals surface area (Å²) in [5.41, 5.74) is 9.92. The molecule has 0 amide bonds. The van der Waals surface area contributed by atoms with Crippen LogP contribution in [-0.4, -0.2) is 4.98 Å². The van der Waals surface area contributed by atoms with E-state index >= 15 is 0 Å². The van der Waals surface area contributed by atoms with Gasteiger partial charge in [0.2, 0.25) is 0 Å². The first kappa shape index (κ1) is 9.85. The topological polar surface area (TPSA) is 38.9 Å². The molecule has 2 N–H and O–H groups in total. The third-order valence-electron chi connectivity index (χ3n) is 2.84. The monoisotopic (exact) mass is 220 g/mol. The highest BCUT2D eigenvalue weighted by Crippen LogP contribution is 2.27. The molecule has 0 spiro atoms. The third kappa shape index (κ3) is 1.74. The summed E-state index contributed by atoms with van der Waals surface area (Å²) in [6, 6.07) is 18.3. The van der Waals surface area contributed by atoms with E-state index in [0.717, 1.165) is 22.2 Å². The number of fused-ring (bicyclic) bond motifs is 1. The van der Waals surface area contributed by atoms with Crippen LogP contribution >= 0.6 is 0 Å². The van der Waals surface area contributed by atoms with Crippen molar-refractivity contribution in [3.05, 3.63) is 60.8 Å². The van der Waals surface area contributed by atoms with Gasteiger partial charge in [-0.3, -0.25) is 4.98 Å². The molecular weight excluding hydrogens is 208 g/mol. The van der Waals surface area contributed by atoms with E-state index < -0.39 is 0 Å². The molecule has 0 fully saturated rings. The second kappa shape index (κ2) is 3.91. The first-order chi connectivity index (χ1) is 8.34. The number of rotatable bonds is 1. The Morgan fingerprint density at radius 2 is 1.65 bits per heavy atom. The van der Waals surface area contributed by atoms with Gasteiger partial charge < -0.3 is 5.73 Å². The van der Waals surface area contributed by atoms with Gasteiger partial charge in [-0.1, -0.05) is 36.4 Å². The molecule has 0 saturated heterocycles. The molecule has 0 aliphatic carbocycles. The van der Waals surface area contributed by atoms with Crippen molar-refractivity contribution in [3.63, 3.8) is 0 Å². The first-order valence-electron chi connectivity index (χ1n) is 5.54. The molecule has 3 rings (SSSR count). The maximum Gasteiger partial charge on any atom is 0.0931 e. The molecule has 0 radical (unpaired) electrons. The van der Waals surface area contributed by atoms with Gasteiger partial charge in [0.25, 0.3) is 0 Å². The number of hydrogen-bond donors (Lipinski definition) is 1. The molecule has 1 aromatic heterocycles. The SMILES string of the molecule is Nc1cc(-c2ccccc2)cc2cccnc12. The number of aromatic nitrogens is 1. The van der Waals surface area contributed by atoms with Crippen LogP contribution in [-0.2, 0) is 0 Å². The fraction of sp³-hybridized carbons (Fsp3) is 0. The number of nitrogens with two attached hydrogens (primary N) is 1. The van der Waals surface area contributed by atoms with E-state index in [-0.39, 0.29) is 0 Å². The lowest BCUT2D eigenvalue weighted by molar-refractivity contribution is 1.41. The van der Waals surface area contributed by atoms with Crippen molar-refractivity contribution in [1.82, 2.24) is 4.98 Å². The molecule has 0 bridgehead atoms. The number of anilines is 1. The molecule has 2 heteroatoms. The fourth-order valence-corrected chi connectivity index (χ4v) is 2.02. The van der Waals surface area contributed by atoms with E-state index in [2.05, 4.69) is 23.2 Å². The van der Waals surface area contributed by atoms with Gasteiger partial charge in [0.05, 0.1) is 11.2 Å².